The zero-order chi connectivity index (χ0) is 16.7. The highest BCUT2D eigenvalue weighted by Crippen LogP contribution is 2.15. The minimum absolute atomic E-state index is 0.274. The number of esters is 1. The number of nitrogens with one attached hydrogen (secondary N) is 2. The number of ether oxygens (including phenoxy) is 1. The molecule has 1 amide bonds. The quantitative estimate of drug-likeness (QED) is 0.625. The first-order chi connectivity index (χ1) is 11.1. The molecule has 0 atom stereocenters. The summed E-state index contributed by atoms with van der Waals surface area (Å²) in [6.45, 7) is 3.90. The maximum absolute atomic E-state index is 11.7. The third-order valence-electron chi connectivity index (χ3n) is 2.86. The van der Waals surface area contributed by atoms with Crippen LogP contribution < -0.4 is 10.6 Å². The van der Waals surface area contributed by atoms with Gasteiger partial charge in [0.25, 0.3) is 5.91 Å². The number of amides is 1. The second kappa shape index (κ2) is 7.69. The first kappa shape index (κ1) is 16.2. The fourth-order valence-electron chi connectivity index (χ4n) is 1.75. The Bertz CT molecular complexity index is 714. The van der Waals surface area contributed by atoms with Gasteiger partial charge in [0, 0.05) is 24.6 Å². The van der Waals surface area contributed by atoms with E-state index in [0.717, 1.165) is 0 Å². The fourth-order valence-corrected chi connectivity index (χ4v) is 1.75. The largest absolute Gasteiger partial charge is 0.465 e. The average molecular weight is 312 g/mol. The van der Waals surface area contributed by atoms with Crippen molar-refractivity contribution in [2.45, 2.75) is 0 Å². The van der Waals surface area contributed by atoms with Crippen LogP contribution in [0.1, 0.15) is 20.7 Å². The number of hydrogen-bond donors (Lipinski definition) is 2. The predicted molar refractivity (Wildman–Crippen MR) is 85.6 cm³/mol. The van der Waals surface area contributed by atoms with Crippen molar-refractivity contribution < 1.29 is 14.3 Å². The van der Waals surface area contributed by atoms with Crippen molar-refractivity contribution in [3.8, 4) is 0 Å². The molecule has 0 aliphatic rings. The van der Waals surface area contributed by atoms with Gasteiger partial charge in [0.05, 0.1) is 18.2 Å². The molecule has 2 rings (SSSR count). The Labute approximate surface area is 133 Å². The third-order valence-corrected chi connectivity index (χ3v) is 2.86. The summed E-state index contributed by atoms with van der Waals surface area (Å²) in [5.41, 5.74) is 1.40. The Kier molecular flexibility index (Phi) is 5.40. The van der Waals surface area contributed by atoms with E-state index in [1.54, 1.807) is 30.3 Å². The van der Waals surface area contributed by atoms with Crippen LogP contribution in [0, 0.1) is 0 Å². The average Bonchev–Trinajstić information content (AvgIpc) is 2.59. The van der Waals surface area contributed by atoms with Crippen LogP contribution in [0.4, 0.5) is 11.6 Å². The highest BCUT2D eigenvalue weighted by Gasteiger charge is 2.08. The van der Waals surface area contributed by atoms with E-state index in [-0.39, 0.29) is 5.91 Å². The van der Waals surface area contributed by atoms with Crippen LogP contribution in [-0.4, -0.2) is 35.5 Å². The Morgan fingerprint density at radius 1 is 1.26 bits per heavy atom. The molecule has 1 heterocycles. The first-order valence-corrected chi connectivity index (χ1v) is 6.80. The van der Waals surface area contributed by atoms with Crippen molar-refractivity contribution >= 4 is 23.5 Å². The lowest BCUT2D eigenvalue weighted by atomic mass is 10.2. The lowest BCUT2D eigenvalue weighted by Gasteiger charge is -2.07. The van der Waals surface area contributed by atoms with Gasteiger partial charge in [-0.1, -0.05) is 12.1 Å². The van der Waals surface area contributed by atoms with Crippen molar-refractivity contribution in [2.24, 2.45) is 0 Å². The summed E-state index contributed by atoms with van der Waals surface area (Å²) >= 11 is 0. The molecule has 118 valence electrons. The van der Waals surface area contributed by atoms with Gasteiger partial charge in [0.15, 0.2) is 0 Å². The smallest absolute Gasteiger partial charge is 0.337 e. The van der Waals surface area contributed by atoms with Crippen LogP contribution in [0.15, 0.2) is 49.3 Å². The second-order valence-corrected chi connectivity index (χ2v) is 4.49. The van der Waals surface area contributed by atoms with E-state index in [1.807, 2.05) is 0 Å². The predicted octanol–water partition coefficient (Wildman–Crippen LogP) is 1.92. The van der Waals surface area contributed by atoms with Crippen LogP contribution >= 0.6 is 0 Å². The van der Waals surface area contributed by atoms with E-state index in [1.165, 1.54) is 19.5 Å². The Morgan fingerprint density at radius 3 is 2.65 bits per heavy atom. The summed E-state index contributed by atoms with van der Waals surface area (Å²) in [7, 11) is 1.32. The summed E-state index contributed by atoms with van der Waals surface area (Å²) < 4.78 is 4.67. The summed E-state index contributed by atoms with van der Waals surface area (Å²) in [5, 5.41) is 5.59. The molecule has 0 saturated carbocycles. The van der Waals surface area contributed by atoms with Gasteiger partial charge in [0.2, 0.25) is 5.95 Å². The second-order valence-electron chi connectivity index (χ2n) is 4.49. The monoisotopic (exact) mass is 312 g/mol. The molecule has 0 bridgehead atoms. The van der Waals surface area contributed by atoms with Crippen LogP contribution in [0.5, 0.6) is 0 Å². The van der Waals surface area contributed by atoms with Gasteiger partial charge in [-0.05, 0) is 18.2 Å². The molecular formula is C16H16N4O3. The molecular weight excluding hydrogens is 296 g/mol. The number of hydrogen-bond acceptors (Lipinski definition) is 6. The Hall–Kier alpha value is -3.22. The molecule has 1 aromatic heterocycles. The number of nitrogens with zero attached hydrogens (tertiary/aromatic N) is 2. The molecule has 2 aromatic rings. The summed E-state index contributed by atoms with van der Waals surface area (Å²) in [6, 6.07) is 6.75. The number of anilines is 2. The number of carbonyl (C=O) groups is 2. The number of carbonyl (C=O) groups excluding carboxylic acids is 2. The first-order valence-electron chi connectivity index (χ1n) is 6.80. The topological polar surface area (TPSA) is 93.2 Å². The van der Waals surface area contributed by atoms with Gasteiger partial charge in [0.1, 0.15) is 0 Å². The van der Waals surface area contributed by atoms with Crippen molar-refractivity contribution in [1.29, 1.82) is 0 Å². The Morgan fingerprint density at radius 2 is 2.00 bits per heavy atom. The van der Waals surface area contributed by atoms with E-state index in [2.05, 4.69) is 31.9 Å². The zero-order valence-corrected chi connectivity index (χ0v) is 12.6. The molecule has 0 spiro atoms. The van der Waals surface area contributed by atoms with Crippen LogP contribution in [0.2, 0.25) is 0 Å². The summed E-state index contributed by atoms with van der Waals surface area (Å²) in [4.78, 5) is 31.4. The summed E-state index contributed by atoms with van der Waals surface area (Å²) in [5.74, 6) is -0.389. The van der Waals surface area contributed by atoms with Crippen LogP contribution in [0.25, 0.3) is 0 Å². The molecule has 0 fully saturated rings. The van der Waals surface area contributed by atoms with Gasteiger partial charge in [-0.25, -0.2) is 14.8 Å². The standard InChI is InChI=1S/C16H16N4O3/c1-3-7-17-14(21)12-9-18-16(19-10-12)20-13-6-4-5-11(8-13)15(22)23-2/h3-6,8-10H,1,7H2,2H3,(H,17,21)(H,18,19,20). The number of aromatic nitrogens is 2. The molecule has 23 heavy (non-hydrogen) atoms. The molecule has 0 aliphatic heterocycles. The third kappa shape index (κ3) is 4.37. The number of methoxy groups -OCH3 is 1. The lowest BCUT2D eigenvalue weighted by molar-refractivity contribution is 0.0600. The van der Waals surface area contributed by atoms with E-state index in [9.17, 15) is 9.59 Å². The van der Waals surface area contributed by atoms with Crippen molar-refractivity contribution in [2.75, 3.05) is 19.0 Å². The lowest BCUT2D eigenvalue weighted by Crippen LogP contribution is -2.23. The van der Waals surface area contributed by atoms with Crippen molar-refractivity contribution in [3.63, 3.8) is 0 Å². The molecule has 0 unspecified atom stereocenters. The van der Waals surface area contributed by atoms with E-state index >= 15 is 0 Å². The van der Waals surface area contributed by atoms with Crippen molar-refractivity contribution in [3.05, 3.63) is 60.4 Å². The molecule has 0 saturated heterocycles. The molecule has 2 N–H and O–H groups in total. The SMILES string of the molecule is C=CCNC(=O)c1cnc(Nc2cccc(C(=O)OC)c2)nc1. The minimum atomic E-state index is -0.427. The minimum Gasteiger partial charge on any atom is -0.465 e. The Balaban J connectivity index is 2.07. The maximum Gasteiger partial charge on any atom is 0.337 e. The summed E-state index contributed by atoms with van der Waals surface area (Å²) in [6.07, 6.45) is 4.42. The molecule has 1 aromatic carbocycles. The highest BCUT2D eigenvalue weighted by molar-refractivity contribution is 5.93. The molecule has 7 heteroatoms. The van der Waals surface area contributed by atoms with Gasteiger partial charge >= 0.3 is 5.97 Å². The number of rotatable bonds is 6. The molecule has 7 nitrogen and oxygen atoms in total. The van der Waals surface area contributed by atoms with E-state index in [0.29, 0.717) is 29.3 Å². The van der Waals surface area contributed by atoms with Gasteiger partial charge in [-0.15, -0.1) is 6.58 Å². The van der Waals surface area contributed by atoms with Crippen LogP contribution in [0.3, 0.4) is 0 Å². The van der Waals surface area contributed by atoms with Gasteiger partial charge in [-0.2, -0.15) is 0 Å². The highest BCUT2D eigenvalue weighted by atomic mass is 16.5. The van der Waals surface area contributed by atoms with Gasteiger partial charge in [-0.3, -0.25) is 4.79 Å². The van der Waals surface area contributed by atoms with Crippen LogP contribution in [-0.2, 0) is 4.74 Å². The normalized spacial score (nSPS) is 9.78. The van der Waals surface area contributed by atoms with E-state index in [4.69, 9.17) is 0 Å². The van der Waals surface area contributed by atoms with Gasteiger partial charge < -0.3 is 15.4 Å². The van der Waals surface area contributed by atoms with E-state index < -0.39 is 5.97 Å². The molecule has 0 radical (unpaired) electrons. The van der Waals surface area contributed by atoms with Crippen molar-refractivity contribution in [1.82, 2.24) is 15.3 Å². The fraction of sp³-hybridized carbons (Fsp3) is 0.125. The maximum atomic E-state index is 11.7. The number of benzene rings is 1. The zero-order valence-electron chi connectivity index (χ0n) is 12.6. The molecule has 0 aliphatic carbocycles.